The third-order valence-electron chi connectivity index (χ3n) is 2.11. The lowest BCUT2D eigenvalue weighted by Gasteiger charge is -1.97. The Balaban J connectivity index is 2.61. The Morgan fingerprint density at radius 3 is 2.69 bits per heavy atom. The highest BCUT2D eigenvalue weighted by Crippen LogP contribution is 2.07. The van der Waals surface area contributed by atoms with Crippen LogP contribution in [-0.4, -0.2) is 6.67 Å². The zero-order valence-electron chi connectivity index (χ0n) is 7.28. The molecule has 0 spiro atoms. The molecule has 0 aliphatic heterocycles. The molecule has 0 aliphatic rings. The van der Waals surface area contributed by atoms with E-state index in [4.69, 9.17) is 0 Å². The van der Waals surface area contributed by atoms with Crippen LogP contribution in [0.5, 0.6) is 0 Å². The van der Waals surface area contributed by atoms with E-state index in [1.807, 2.05) is 47.2 Å². The minimum absolute atomic E-state index is 0.321. The molecule has 1 aromatic heterocycles. The number of halogens is 1. The van der Waals surface area contributed by atoms with E-state index >= 15 is 0 Å². The Bertz CT molecular complexity index is 406. The summed E-state index contributed by atoms with van der Waals surface area (Å²) in [4.78, 5) is 0. The second-order valence-electron chi connectivity index (χ2n) is 2.95. The first-order chi connectivity index (χ1) is 6.42. The summed E-state index contributed by atoms with van der Waals surface area (Å²) in [7, 11) is 0. The first kappa shape index (κ1) is 8.17. The number of hydrogen-bond donors (Lipinski definition) is 0. The van der Waals surface area contributed by atoms with Gasteiger partial charge in [-0.3, -0.25) is 0 Å². The molecule has 0 bridgehead atoms. The molecule has 0 atom stereocenters. The summed E-state index contributed by atoms with van der Waals surface area (Å²) in [6.07, 6.45) is 1.90. The minimum atomic E-state index is -0.321. The van der Waals surface area contributed by atoms with Crippen LogP contribution in [0.1, 0.15) is 0 Å². The maximum absolute atomic E-state index is 12.2. The summed E-state index contributed by atoms with van der Waals surface area (Å²) in [5.74, 6) is 0. The predicted octanol–water partition coefficient (Wildman–Crippen LogP) is 2.10. The van der Waals surface area contributed by atoms with E-state index in [1.165, 1.54) is 0 Å². The van der Waals surface area contributed by atoms with Gasteiger partial charge in [-0.25, -0.2) is 4.39 Å². The van der Waals surface area contributed by atoms with Crippen LogP contribution in [0.15, 0.2) is 42.6 Å². The van der Waals surface area contributed by atoms with Crippen LogP contribution in [0, 0.1) is 0 Å². The minimum Gasteiger partial charge on any atom is -0.244 e. The van der Waals surface area contributed by atoms with Gasteiger partial charge >= 0.3 is 0 Å². The van der Waals surface area contributed by atoms with Crippen molar-refractivity contribution in [1.29, 1.82) is 0 Å². The van der Waals surface area contributed by atoms with Crippen LogP contribution < -0.4 is 4.57 Å². The summed E-state index contributed by atoms with van der Waals surface area (Å²) >= 11 is 0. The van der Waals surface area contributed by atoms with Crippen LogP contribution in [0.25, 0.3) is 10.9 Å². The maximum Gasteiger partial charge on any atom is 0.212 e. The topological polar surface area (TPSA) is 3.88 Å². The van der Waals surface area contributed by atoms with Gasteiger partial charge in [-0.2, -0.15) is 4.57 Å². The van der Waals surface area contributed by atoms with Crippen LogP contribution in [0.3, 0.4) is 0 Å². The van der Waals surface area contributed by atoms with Crippen molar-refractivity contribution in [1.82, 2.24) is 0 Å². The molecule has 1 heterocycles. The van der Waals surface area contributed by atoms with E-state index in [0.717, 1.165) is 10.9 Å². The summed E-state index contributed by atoms with van der Waals surface area (Å²) in [6, 6.07) is 12.0. The molecule has 2 rings (SSSR count). The lowest BCUT2D eigenvalue weighted by molar-refractivity contribution is -0.671. The van der Waals surface area contributed by atoms with E-state index in [2.05, 4.69) is 0 Å². The molecule has 1 aromatic carbocycles. The fourth-order valence-corrected chi connectivity index (χ4v) is 1.51. The highest BCUT2D eigenvalue weighted by molar-refractivity contribution is 5.74. The number of alkyl halides is 1. The Morgan fingerprint density at radius 2 is 1.85 bits per heavy atom. The summed E-state index contributed by atoms with van der Waals surface area (Å²) in [6.45, 7) is 0.111. The van der Waals surface area contributed by atoms with Gasteiger partial charge < -0.3 is 0 Å². The van der Waals surface area contributed by atoms with Gasteiger partial charge in [0.2, 0.25) is 5.52 Å². The number of para-hydroxylation sites is 1. The number of benzene rings is 1. The van der Waals surface area contributed by atoms with Gasteiger partial charge in [0, 0.05) is 17.5 Å². The van der Waals surface area contributed by atoms with Gasteiger partial charge in [0.1, 0.15) is 6.67 Å². The first-order valence-electron chi connectivity index (χ1n) is 4.35. The van der Waals surface area contributed by atoms with Crippen molar-refractivity contribution in [2.24, 2.45) is 0 Å². The Morgan fingerprint density at radius 1 is 1.08 bits per heavy atom. The zero-order chi connectivity index (χ0) is 9.10. The highest BCUT2D eigenvalue weighted by Gasteiger charge is 2.05. The van der Waals surface area contributed by atoms with E-state index in [-0.39, 0.29) is 6.67 Å². The van der Waals surface area contributed by atoms with Crippen LogP contribution >= 0.6 is 0 Å². The van der Waals surface area contributed by atoms with Gasteiger partial charge in [-0.1, -0.05) is 12.1 Å². The van der Waals surface area contributed by atoms with E-state index in [9.17, 15) is 4.39 Å². The van der Waals surface area contributed by atoms with Crippen LogP contribution in [0.4, 0.5) is 4.39 Å². The number of pyridine rings is 1. The number of aryl methyl sites for hydroxylation is 1. The Labute approximate surface area is 76.4 Å². The Kier molecular flexibility index (Phi) is 2.21. The molecule has 2 aromatic rings. The smallest absolute Gasteiger partial charge is 0.212 e. The molecule has 0 saturated carbocycles. The van der Waals surface area contributed by atoms with Crippen molar-refractivity contribution in [2.45, 2.75) is 6.54 Å². The van der Waals surface area contributed by atoms with Crippen molar-refractivity contribution in [2.75, 3.05) is 6.67 Å². The second-order valence-corrected chi connectivity index (χ2v) is 2.95. The molecule has 0 radical (unpaired) electrons. The van der Waals surface area contributed by atoms with Gasteiger partial charge in [0.05, 0.1) is 0 Å². The average Bonchev–Trinajstić information content (AvgIpc) is 2.19. The van der Waals surface area contributed by atoms with E-state index in [0.29, 0.717) is 6.54 Å². The van der Waals surface area contributed by atoms with Crippen molar-refractivity contribution >= 4 is 10.9 Å². The van der Waals surface area contributed by atoms with E-state index < -0.39 is 0 Å². The van der Waals surface area contributed by atoms with Gasteiger partial charge in [0.25, 0.3) is 0 Å². The number of nitrogens with zero attached hydrogens (tertiary/aromatic N) is 1. The molecular weight excluding hydrogens is 165 g/mol. The second kappa shape index (κ2) is 3.52. The average molecular weight is 176 g/mol. The molecule has 0 aliphatic carbocycles. The SMILES string of the molecule is FCC[n+]1cccc2ccccc21. The lowest BCUT2D eigenvalue weighted by atomic mass is 10.2. The molecule has 13 heavy (non-hydrogen) atoms. The number of hydrogen-bond acceptors (Lipinski definition) is 0. The molecule has 0 unspecified atom stereocenters. The highest BCUT2D eigenvalue weighted by atomic mass is 19.1. The number of rotatable bonds is 2. The fourth-order valence-electron chi connectivity index (χ4n) is 1.51. The number of fused-ring (bicyclic) bond motifs is 1. The first-order valence-corrected chi connectivity index (χ1v) is 4.35. The quantitative estimate of drug-likeness (QED) is 0.617. The Hall–Kier alpha value is -1.44. The molecular formula is C11H11FN+. The number of aromatic nitrogens is 1. The van der Waals surface area contributed by atoms with Crippen molar-refractivity contribution in [3.8, 4) is 0 Å². The summed E-state index contributed by atoms with van der Waals surface area (Å²) < 4.78 is 14.1. The molecule has 0 saturated heterocycles. The summed E-state index contributed by atoms with van der Waals surface area (Å²) in [5.41, 5.74) is 1.09. The zero-order valence-corrected chi connectivity index (χ0v) is 7.28. The van der Waals surface area contributed by atoms with Gasteiger partial charge in [-0.05, 0) is 12.1 Å². The predicted molar refractivity (Wildman–Crippen MR) is 50.1 cm³/mol. The molecule has 0 fully saturated rings. The molecule has 66 valence electrons. The summed E-state index contributed by atoms with van der Waals surface area (Å²) in [5, 5.41) is 1.15. The third kappa shape index (κ3) is 1.52. The molecule has 0 N–H and O–H groups in total. The lowest BCUT2D eigenvalue weighted by Crippen LogP contribution is -2.34. The van der Waals surface area contributed by atoms with Crippen LogP contribution in [-0.2, 0) is 6.54 Å². The van der Waals surface area contributed by atoms with Gasteiger partial charge in [0.15, 0.2) is 12.7 Å². The third-order valence-corrected chi connectivity index (χ3v) is 2.11. The molecule has 1 nitrogen and oxygen atoms in total. The normalized spacial score (nSPS) is 10.5. The van der Waals surface area contributed by atoms with Gasteiger partial charge in [-0.15, -0.1) is 0 Å². The van der Waals surface area contributed by atoms with Crippen molar-refractivity contribution in [3.63, 3.8) is 0 Å². The maximum atomic E-state index is 12.2. The monoisotopic (exact) mass is 176 g/mol. The fraction of sp³-hybridized carbons (Fsp3) is 0.182. The van der Waals surface area contributed by atoms with Crippen molar-refractivity contribution in [3.05, 3.63) is 42.6 Å². The largest absolute Gasteiger partial charge is 0.244 e. The van der Waals surface area contributed by atoms with Crippen LogP contribution in [0.2, 0.25) is 0 Å². The molecule has 2 heteroatoms. The molecule has 0 amide bonds. The van der Waals surface area contributed by atoms with Crippen molar-refractivity contribution < 1.29 is 8.96 Å². The van der Waals surface area contributed by atoms with E-state index in [1.54, 1.807) is 0 Å². The standard InChI is InChI=1S/C11H11FN/c12-7-9-13-8-3-5-10-4-1-2-6-11(10)13/h1-6,8H,7,9H2/q+1.